The molecule has 0 aliphatic heterocycles. The molecule has 0 radical (unpaired) electrons. The molecule has 0 spiro atoms. The van der Waals surface area contributed by atoms with E-state index in [1.807, 2.05) is 43.3 Å². The van der Waals surface area contributed by atoms with Gasteiger partial charge in [-0.1, -0.05) is 46.8 Å². The van der Waals surface area contributed by atoms with Crippen molar-refractivity contribution in [3.8, 4) is 0 Å². The van der Waals surface area contributed by atoms with Crippen LogP contribution >= 0.6 is 15.9 Å². The number of benzene rings is 1. The molecule has 0 saturated carbocycles. The molecule has 0 amide bonds. The first-order valence-corrected chi connectivity index (χ1v) is 4.61. The third-order valence-electron chi connectivity index (χ3n) is 1.58. The average Bonchev–Trinajstić information content (AvgIpc) is 2.06. The van der Waals surface area contributed by atoms with E-state index in [0.29, 0.717) is 0 Å². The van der Waals surface area contributed by atoms with E-state index >= 15 is 0 Å². The summed E-state index contributed by atoms with van der Waals surface area (Å²) in [4.78, 5) is 0. The second kappa shape index (κ2) is 4.27. The molecule has 0 aliphatic rings. The second-order valence-electron chi connectivity index (χ2n) is 2.53. The fraction of sp³-hybridized carbons (Fsp3) is 0.0909. The third kappa shape index (κ3) is 2.35. The van der Waals surface area contributed by atoms with E-state index in [1.165, 1.54) is 0 Å². The fourth-order valence-corrected chi connectivity index (χ4v) is 1.23. The van der Waals surface area contributed by atoms with E-state index in [1.54, 1.807) is 0 Å². The van der Waals surface area contributed by atoms with Crippen molar-refractivity contribution in [2.75, 3.05) is 0 Å². The van der Waals surface area contributed by atoms with Crippen LogP contribution in [0, 0.1) is 0 Å². The summed E-state index contributed by atoms with van der Waals surface area (Å²) in [5.74, 6) is 0. The Morgan fingerprint density at radius 2 is 1.92 bits per heavy atom. The summed E-state index contributed by atoms with van der Waals surface area (Å²) in [6, 6.07) is 8.13. The van der Waals surface area contributed by atoms with Crippen LogP contribution < -0.4 is 0 Å². The molecule has 0 aliphatic carbocycles. The Kier molecular flexibility index (Phi) is 3.30. The highest BCUT2D eigenvalue weighted by Crippen LogP contribution is 2.17. The van der Waals surface area contributed by atoms with E-state index in [-0.39, 0.29) is 0 Å². The van der Waals surface area contributed by atoms with Gasteiger partial charge in [-0.05, 0) is 30.2 Å². The molecule has 0 heterocycles. The Morgan fingerprint density at radius 3 is 2.42 bits per heavy atom. The van der Waals surface area contributed by atoms with Crippen molar-refractivity contribution in [2.24, 2.45) is 0 Å². The van der Waals surface area contributed by atoms with Crippen LogP contribution in [0.3, 0.4) is 0 Å². The van der Waals surface area contributed by atoms with Gasteiger partial charge in [-0.15, -0.1) is 0 Å². The average molecular weight is 223 g/mol. The van der Waals surface area contributed by atoms with E-state index in [0.717, 1.165) is 15.6 Å². The topological polar surface area (TPSA) is 0 Å². The molecular formula is C11H11Br. The molecule has 0 atom stereocenters. The zero-order valence-corrected chi connectivity index (χ0v) is 8.64. The Labute approximate surface area is 81.7 Å². The molecule has 0 fully saturated rings. The Balaban J connectivity index is 2.90. The van der Waals surface area contributed by atoms with Crippen LogP contribution in [0.25, 0.3) is 5.57 Å². The maximum absolute atomic E-state index is 3.94. The summed E-state index contributed by atoms with van der Waals surface area (Å²) in [5, 5.41) is 0. The first-order chi connectivity index (χ1) is 5.74. The van der Waals surface area contributed by atoms with Crippen LogP contribution in [0.5, 0.6) is 0 Å². The normalized spacial score (nSPS) is 10.5. The molecule has 1 rings (SSSR count). The zero-order chi connectivity index (χ0) is 8.97. The predicted octanol–water partition coefficient (Wildman–Crippen LogP) is 4.04. The summed E-state index contributed by atoms with van der Waals surface area (Å²) in [7, 11) is 0. The van der Waals surface area contributed by atoms with Crippen molar-refractivity contribution in [1.29, 1.82) is 0 Å². The van der Waals surface area contributed by atoms with Crippen molar-refractivity contribution in [3.63, 3.8) is 0 Å². The Hall–Kier alpha value is -0.820. The molecule has 0 aromatic heterocycles. The number of rotatable bonds is 2. The molecular weight excluding hydrogens is 212 g/mol. The van der Waals surface area contributed by atoms with Crippen LogP contribution in [0.2, 0.25) is 0 Å². The fourth-order valence-electron chi connectivity index (χ4n) is 0.961. The number of allylic oxidation sites excluding steroid dienone is 3. The molecule has 1 heteroatoms. The molecule has 1 aromatic carbocycles. The SMILES string of the molecule is C=C(/C=C\C)c1ccc(Br)cc1. The second-order valence-corrected chi connectivity index (χ2v) is 3.45. The first-order valence-electron chi connectivity index (χ1n) is 3.81. The number of halogens is 1. The van der Waals surface area contributed by atoms with Gasteiger partial charge in [0.2, 0.25) is 0 Å². The largest absolute Gasteiger partial charge is 0.0912 e. The van der Waals surface area contributed by atoms with Crippen LogP contribution in [0.4, 0.5) is 0 Å². The first kappa shape index (κ1) is 9.27. The van der Waals surface area contributed by atoms with Crippen molar-refractivity contribution in [2.45, 2.75) is 6.92 Å². The van der Waals surface area contributed by atoms with Crippen molar-refractivity contribution >= 4 is 21.5 Å². The molecule has 12 heavy (non-hydrogen) atoms. The minimum atomic E-state index is 1.05. The summed E-state index contributed by atoms with van der Waals surface area (Å²) < 4.78 is 1.10. The monoisotopic (exact) mass is 222 g/mol. The van der Waals surface area contributed by atoms with Gasteiger partial charge >= 0.3 is 0 Å². The molecule has 0 nitrogen and oxygen atoms in total. The van der Waals surface area contributed by atoms with E-state index in [2.05, 4.69) is 22.5 Å². The van der Waals surface area contributed by atoms with Crippen LogP contribution in [0.15, 0.2) is 47.5 Å². The maximum atomic E-state index is 3.94. The van der Waals surface area contributed by atoms with Gasteiger partial charge in [0, 0.05) is 4.47 Å². The number of hydrogen-bond acceptors (Lipinski definition) is 0. The lowest BCUT2D eigenvalue weighted by Gasteiger charge is -1.99. The van der Waals surface area contributed by atoms with Crippen LogP contribution in [-0.2, 0) is 0 Å². The molecule has 0 unspecified atom stereocenters. The molecule has 0 N–H and O–H groups in total. The smallest absolute Gasteiger partial charge is 0.0175 e. The lowest BCUT2D eigenvalue weighted by atomic mass is 10.1. The minimum Gasteiger partial charge on any atom is -0.0912 e. The van der Waals surface area contributed by atoms with Crippen molar-refractivity contribution in [1.82, 2.24) is 0 Å². The van der Waals surface area contributed by atoms with Crippen LogP contribution in [0.1, 0.15) is 12.5 Å². The predicted molar refractivity (Wildman–Crippen MR) is 58.0 cm³/mol. The van der Waals surface area contributed by atoms with Gasteiger partial charge in [-0.3, -0.25) is 0 Å². The highest BCUT2D eigenvalue weighted by molar-refractivity contribution is 9.10. The van der Waals surface area contributed by atoms with Gasteiger partial charge in [0.15, 0.2) is 0 Å². The van der Waals surface area contributed by atoms with Crippen molar-refractivity contribution < 1.29 is 0 Å². The van der Waals surface area contributed by atoms with Crippen molar-refractivity contribution in [3.05, 3.63) is 53.0 Å². The van der Waals surface area contributed by atoms with Gasteiger partial charge in [0.05, 0.1) is 0 Å². The van der Waals surface area contributed by atoms with E-state index < -0.39 is 0 Å². The van der Waals surface area contributed by atoms with Gasteiger partial charge in [0.25, 0.3) is 0 Å². The zero-order valence-electron chi connectivity index (χ0n) is 7.05. The van der Waals surface area contributed by atoms with E-state index in [4.69, 9.17) is 0 Å². The Bertz CT molecular complexity index is 293. The summed E-state index contributed by atoms with van der Waals surface area (Å²) in [5.41, 5.74) is 2.21. The van der Waals surface area contributed by atoms with Gasteiger partial charge in [-0.25, -0.2) is 0 Å². The minimum absolute atomic E-state index is 1.05. The van der Waals surface area contributed by atoms with Gasteiger partial charge in [0.1, 0.15) is 0 Å². The highest BCUT2D eigenvalue weighted by atomic mass is 79.9. The van der Waals surface area contributed by atoms with Gasteiger partial charge in [-0.2, -0.15) is 0 Å². The lowest BCUT2D eigenvalue weighted by Crippen LogP contribution is -1.77. The summed E-state index contributed by atoms with van der Waals surface area (Å²) >= 11 is 3.39. The molecule has 0 saturated heterocycles. The molecule has 0 bridgehead atoms. The molecule has 62 valence electrons. The standard InChI is InChI=1S/C11H11Br/c1-3-4-9(2)10-5-7-11(12)8-6-10/h3-8H,2H2,1H3/b4-3-. The quantitative estimate of drug-likeness (QED) is 0.663. The third-order valence-corrected chi connectivity index (χ3v) is 2.11. The summed E-state index contributed by atoms with van der Waals surface area (Å²) in [6.45, 7) is 5.93. The van der Waals surface area contributed by atoms with Gasteiger partial charge < -0.3 is 0 Å². The maximum Gasteiger partial charge on any atom is 0.0175 e. The number of hydrogen-bond donors (Lipinski definition) is 0. The van der Waals surface area contributed by atoms with Crippen LogP contribution in [-0.4, -0.2) is 0 Å². The Morgan fingerprint density at radius 1 is 1.33 bits per heavy atom. The molecule has 1 aromatic rings. The van der Waals surface area contributed by atoms with E-state index in [9.17, 15) is 0 Å². The lowest BCUT2D eigenvalue weighted by molar-refractivity contribution is 1.58. The highest BCUT2D eigenvalue weighted by Gasteiger charge is 1.93. The summed E-state index contributed by atoms with van der Waals surface area (Å²) in [6.07, 6.45) is 3.99.